The van der Waals surface area contributed by atoms with Crippen LogP contribution in [-0.4, -0.2) is 64.4 Å². The standard InChI is InChI=1S/C18H20ClN3O5S2/c1-28(24,25)20-14-7-8-16(17(19)13-14)18(23)21-9-11-22(12-10-21)29(26,27)15-5-3-2-4-6-15/h2-8,13,20H,9-12H2,1H3. The SMILES string of the molecule is CS(=O)(=O)Nc1ccc(C(=O)N2CCN(S(=O)(=O)c3ccccc3)CC2)c(Cl)c1. The van der Waals surface area contributed by atoms with Crippen molar-refractivity contribution in [2.24, 2.45) is 0 Å². The quantitative estimate of drug-likeness (QED) is 0.738. The summed E-state index contributed by atoms with van der Waals surface area (Å²) < 4.78 is 51.6. The van der Waals surface area contributed by atoms with Gasteiger partial charge in [-0.15, -0.1) is 0 Å². The molecule has 1 aliphatic rings. The van der Waals surface area contributed by atoms with Gasteiger partial charge in [0.05, 0.1) is 21.7 Å². The average molecular weight is 458 g/mol. The lowest BCUT2D eigenvalue weighted by Gasteiger charge is -2.34. The van der Waals surface area contributed by atoms with E-state index < -0.39 is 20.0 Å². The molecule has 1 amide bonds. The number of rotatable bonds is 5. The number of benzene rings is 2. The number of piperazine rings is 1. The van der Waals surface area contributed by atoms with Gasteiger partial charge in [0, 0.05) is 31.9 Å². The van der Waals surface area contributed by atoms with E-state index in [9.17, 15) is 21.6 Å². The Bertz CT molecular complexity index is 1110. The van der Waals surface area contributed by atoms with Crippen molar-refractivity contribution < 1.29 is 21.6 Å². The summed E-state index contributed by atoms with van der Waals surface area (Å²) in [5.41, 5.74) is 0.484. The zero-order valence-corrected chi connectivity index (χ0v) is 18.0. The number of amides is 1. The van der Waals surface area contributed by atoms with Gasteiger partial charge in [0.25, 0.3) is 5.91 Å². The molecule has 0 radical (unpaired) electrons. The van der Waals surface area contributed by atoms with E-state index in [1.165, 1.54) is 27.4 Å². The smallest absolute Gasteiger partial charge is 0.255 e. The minimum absolute atomic E-state index is 0.114. The summed E-state index contributed by atoms with van der Waals surface area (Å²) in [5.74, 6) is -0.335. The van der Waals surface area contributed by atoms with Crippen LogP contribution in [0.4, 0.5) is 5.69 Å². The maximum absolute atomic E-state index is 12.8. The predicted octanol–water partition coefficient (Wildman–Crippen LogP) is 1.86. The fraction of sp³-hybridized carbons (Fsp3) is 0.278. The monoisotopic (exact) mass is 457 g/mol. The molecule has 1 saturated heterocycles. The second kappa shape index (κ2) is 8.31. The number of hydrogen-bond acceptors (Lipinski definition) is 5. The Morgan fingerprint density at radius 1 is 0.966 bits per heavy atom. The van der Waals surface area contributed by atoms with Crippen molar-refractivity contribution in [3.8, 4) is 0 Å². The van der Waals surface area contributed by atoms with Crippen LogP contribution in [0.1, 0.15) is 10.4 Å². The van der Waals surface area contributed by atoms with Crippen LogP contribution in [0.5, 0.6) is 0 Å². The molecule has 8 nitrogen and oxygen atoms in total. The average Bonchev–Trinajstić information content (AvgIpc) is 2.67. The molecule has 0 spiro atoms. The molecular weight excluding hydrogens is 438 g/mol. The summed E-state index contributed by atoms with van der Waals surface area (Å²) >= 11 is 6.17. The predicted molar refractivity (Wildman–Crippen MR) is 111 cm³/mol. The van der Waals surface area contributed by atoms with Crippen molar-refractivity contribution in [1.29, 1.82) is 0 Å². The summed E-state index contributed by atoms with van der Waals surface area (Å²) in [6, 6.07) is 12.4. The van der Waals surface area contributed by atoms with Crippen molar-refractivity contribution in [2.75, 3.05) is 37.2 Å². The summed E-state index contributed by atoms with van der Waals surface area (Å²) in [4.78, 5) is 14.5. The molecule has 2 aromatic carbocycles. The van der Waals surface area contributed by atoms with Gasteiger partial charge in [-0.25, -0.2) is 16.8 Å². The Morgan fingerprint density at radius 2 is 1.59 bits per heavy atom. The van der Waals surface area contributed by atoms with Crippen LogP contribution in [0.3, 0.4) is 0 Å². The van der Waals surface area contributed by atoms with Crippen LogP contribution in [0, 0.1) is 0 Å². The molecule has 1 heterocycles. The highest BCUT2D eigenvalue weighted by molar-refractivity contribution is 7.92. The number of anilines is 1. The number of nitrogens with zero attached hydrogens (tertiary/aromatic N) is 2. The Labute approximate surface area is 175 Å². The number of hydrogen-bond donors (Lipinski definition) is 1. The van der Waals surface area contributed by atoms with E-state index in [4.69, 9.17) is 11.6 Å². The third-order valence-electron chi connectivity index (χ3n) is 4.41. The molecule has 1 N–H and O–H groups in total. The molecule has 0 unspecified atom stereocenters. The van der Waals surface area contributed by atoms with Crippen molar-refractivity contribution in [1.82, 2.24) is 9.21 Å². The number of carbonyl (C=O) groups is 1. The Kier molecular flexibility index (Phi) is 6.18. The van der Waals surface area contributed by atoms with Gasteiger partial charge in [-0.2, -0.15) is 4.31 Å². The minimum atomic E-state index is -3.60. The molecular formula is C18H20ClN3O5S2. The fourth-order valence-corrected chi connectivity index (χ4v) is 5.27. The third kappa shape index (κ3) is 5.08. The largest absolute Gasteiger partial charge is 0.336 e. The zero-order chi connectivity index (χ0) is 21.2. The number of nitrogens with one attached hydrogen (secondary N) is 1. The number of halogens is 1. The molecule has 0 saturated carbocycles. The molecule has 11 heteroatoms. The van der Waals surface area contributed by atoms with Crippen LogP contribution in [0.15, 0.2) is 53.4 Å². The highest BCUT2D eigenvalue weighted by atomic mass is 35.5. The second-order valence-corrected chi connectivity index (χ2v) is 10.7. The normalized spacial score (nSPS) is 15.9. The van der Waals surface area contributed by atoms with Crippen molar-refractivity contribution in [3.05, 3.63) is 59.1 Å². The first-order valence-electron chi connectivity index (χ1n) is 8.70. The molecule has 0 aliphatic carbocycles. The highest BCUT2D eigenvalue weighted by Crippen LogP contribution is 2.24. The Balaban J connectivity index is 1.69. The van der Waals surface area contributed by atoms with Crippen LogP contribution in [0.2, 0.25) is 5.02 Å². The summed E-state index contributed by atoms with van der Waals surface area (Å²) in [6.07, 6.45) is 1.02. The summed E-state index contributed by atoms with van der Waals surface area (Å²) in [5, 5.41) is 0.114. The minimum Gasteiger partial charge on any atom is -0.336 e. The lowest BCUT2D eigenvalue weighted by molar-refractivity contribution is 0.0698. The molecule has 0 atom stereocenters. The van der Waals surface area contributed by atoms with Crippen LogP contribution >= 0.6 is 11.6 Å². The molecule has 1 fully saturated rings. The fourth-order valence-electron chi connectivity index (χ4n) is 3.01. The van der Waals surface area contributed by atoms with E-state index in [0.717, 1.165) is 6.26 Å². The van der Waals surface area contributed by atoms with E-state index in [-0.39, 0.29) is 53.3 Å². The van der Waals surface area contributed by atoms with Gasteiger partial charge in [0.2, 0.25) is 20.0 Å². The molecule has 29 heavy (non-hydrogen) atoms. The first kappa shape index (κ1) is 21.6. The maximum Gasteiger partial charge on any atom is 0.255 e. The third-order valence-corrected chi connectivity index (χ3v) is 7.24. The first-order chi connectivity index (χ1) is 13.6. The lowest BCUT2D eigenvalue weighted by atomic mass is 10.1. The van der Waals surface area contributed by atoms with Gasteiger partial charge in [-0.05, 0) is 30.3 Å². The topological polar surface area (TPSA) is 104 Å². The molecule has 0 bridgehead atoms. The summed E-state index contributed by atoms with van der Waals surface area (Å²) in [6.45, 7) is 0.803. The lowest BCUT2D eigenvalue weighted by Crippen LogP contribution is -2.50. The van der Waals surface area contributed by atoms with E-state index >= 15 is 0 Å². The zero-order valence-electron chi connectivity index (χ0n) is 15.6. The first-order valence-corrected chi connectivity index (χ1v) is 12.4. The van der Waals surface area contributed by atoms with E-state index in [0.29, 0.717) is 0 Å². The van der Waals surface area contributed by atoms with E-state index in [1.807, 2.05) is 0 Å². The van der Waals surface area contributed by atoms with Crippen molar-refractivity contribution in [3.63, 3.8) is 0 Å². The molecule has 2 aromatic rings. The number of sulfonamides is 2. The highest BCUT2D eigenvalue weighted by Gasteiger charge is 2.30. The van der Waals surface area contributed by atoms with Crippen LogP contribution in [-0.2, 0) is 20.0 Å². The molecule has 3 rings (SSSR count). The Morgan fingerprint density at radius 3 is 2.14 bits per heavy atom. The van der Waals surface area contributed by atoms with Gasteiger partial charge in [-0.3, -0.25) is 9.52 Å². The maximum atomic E-state index is 12.8. The summed E-state index contributed by atoms with van der Waals surface area (Å²) in [7, 11) is -7.06. The van der Waals surface area contributed by atoms with E-state index in [1.54, 1.807) is 30.3 Å². The molecule has 1 aliphatic heterocycles. The van der Waals surface area contributed by atoms with Gasteiger partial charge in [0.15, 0.2) is 0 Å². The van der Waals surface area contributed by atoms with Crippen LogP contribution in [0.25, 0.3) is 0 Å². The Hall–Kier alpha value is -2.14. The molecule has 0 aromatic heterocycles. The number of carbonyl (C=O) groups excluding carboxylic acids is 1. The van der Waals surface area contributed by atoms with Crippen LogP contribution < -0.4 is 4.72 Å². The second-order valence-electron chi connectivity index (χ2n) is 6.58. The van der Waals surface area contributed by atoms with Gasteiger partial charge < -0.3 is 4.90 Å². The van der Waals surface area contributed by atoms with Crippen molar-refractivity contribution in [2.45, 2.75) is 4.90 Å². The van der Waals surface area contributed by atoms with E-state index in [2.05, 4.69) is 4.72 Å². The molecule has 156 valence electrons. The van der Waals surface area contributed by atoms with Gasteiger partial charge in [0.1, 0.15) is 0 Å². The van der Waals surface area contributed by atoms with Gasteiger partial charge >= 0.3 is 0 Å². The van der Waals surface area contributed by atoms with Crippen molar-refractivity contribution >= 4 is 43.2 Å². The van der Waals surface area contributed by atoms with Gasteiger partial charge in [-0.1, -0.05) is 29.8 Å².